The SMILES string of the molecule is Cc1ccc(COc2ccc(CCCCCN)cc2)c(F)c1.Cc1ccc(COc2ccc(CCCCCN)cc2OCc2ccc(C)cc2)cc1.NCCCCCc1cc(OCc2ccc(F)cc2F)cc(OCc2ccc(F)cc2F)c1. The molecule has 0 aliphatic carbocycles. The predicted molar refractivity (Wildman–Crippen MR) is 327 cm³/mol. The second kappa shape index (κ2) is 36.1. The van der Waals surface area contributed by atoms with Crippen LogP contribution in [0.2, 0.25) is 0 Å². The molecule has 0 spiro atoms. The van der Waals surface area contributed by atoms with Crippen LogP contribution in [0.4, 0.5) is 22.0 Å². The van der Waals surface area contributed by atoms with Crippen molar-refractivity contribution in [3.05, 3.63) is 254 Å². The van der Waals surface area contributed by atoms with E-state index in [2.05, 4.69) is 86.6 Å². The minimum absolute atomic E-state index is 0.0885. The van der Waals surface area contributed by atoms with Crippen LogP contribution in [0.25, 0.3) is 0 Å². The molecule has 0 saturated carbocycles. The Labute approximate surface area is 494 Å². The predicted octanol–water partition coefficient (Wildman–Crippen LogP) is 16.6. The van der Waals surface area contributed by atoms with Crippen LogP contribution in [-0.2, 0) is 52.3 Å². The van der Waals surface area contributed by atoms with E-state index in [-0.39, 0.29) is 36.8 Å². The summed E-state index contributed by atoms with van der Waals surface area (Å²) in [7, 11) is 0. The van der Waals surface area contributed by atoms with Gasteiger partial charge in [-0.25, -0.2) is 22.0 Å². The van der Waals surface area contributed by atoms with Gasteiger partial charge in [-0.3, -0.25) is 0 Å². The zero-order valence-corrected chi connectivity index (χ0v) is 48.9. The first-order valence-electron chi connectivity index (χ1n) is 29.1. The van der Waals surface area contributed by atoms with Crippen LogP contribution in [0.3, 0.4) is 0 Å². The van der Waals surface area contributed by atoms with Crippen LogP contribution in [0.5, 0.6) is 28.7 Å². The molecule has 8 aromatic carbocycles. The van der Waals surface area contributed by atoms with E-state index in [1.54, 1.807) is 12.1 Å². The molecule has 446 valence electrons. The number of hydrogen-bond acceptors (Lipinski definition) is 8. The van der Waals surface area contributed by atoms with Gasteiger partial charge in [0.2, 0.25) is 0 Å². The molecular formula is C71H82F5N3O5. The molecule has 0 unspecified atom stereocenters. The third-order valence-corrected chi connectivity index (χ3v) is 13.8. The fraction of sp³-hybridized carbons (Fsp3) is 0.324. The summed E-state index contributed by atoms with van der Waals surface area (Å²) in [5.41, 5.74) is 26.9. The van der Waals surface area contributed by atoms with Gasteiger partial charge in [-0.15, -0.1) is 0 Å². The summed E-state index contributed by atoms with van der Waals surface area (Å²) in [5, 5.41) is 0. The molecule has 13 heteroatoms. The lowest BCUT2D eigenvalue weighted by Gasteiger charge is -2.15. The van der Waals surface area contributed by atoms with Crippen molar-refractivity contribution < 1.29 is 45.6 Å². The van der Waals surface area contributed by atoms with Gasteiger partial charge in [0, 0.05) is 34.9 Å². The Morgan fingerprint density at radius 3 is 1.14 bits per heavy atom. The van der Waals surface area contributed by atoms with Crippen LogP contribution in [0.1, 0.15) is 119 Å². The number of aryl methyl sites for hydroxylation is 6. The Morgan fingerprint density at radius 1 is 0.286 bits per heavy atom. The molecule has 0 bridgehead atoms. The normalized spacial score (nSPS) is 10.8. The van der Waals surface area contributed by atoms with Crippen molar-refractivity contribution in [2.75, 3.05) is 19.6 Å². The summed E-state index contributed by atoms with van der Waals surface area (Å²) in [6, 6.07) is 48.3. The first kappa shape index (κ1) is 65.4. The number of ether oxygens (including phenoxy) is 5. The second-order valence-electron chi connectivity index (χ2n) is 21.0. The molecular weight excluding hydrogens is 1070 g/mol. The first-order chi connectivity index (χ1) is 40.8. The number of hydrogen-bond donors (Lipinski definition) is 3. The summed E-state index contributed by atoms with van der Waals surface area (Å²) >= 11 is 0. The van der Waals surface area contributed by atoms with Crippen LogP contribution < -0.4 is 40.9 Å². The van der Waals surface area contributed by atoms with E-state index < -0.39 is 23.3 Å². The minimum Gasteiger partial charge on any atom is -0.489 e. The molecule has 8 aromatic rings. The van der Waals surface area contributed by atoms with Crippen LogP contribution in [0.15, 0.2) is 164 Å². The number of rotatable bonds is 30. The molecule has 0 aliphatic heterocycles. The van der Waals surface area contributed by atoms with Gasteiger partial charge in [0.25, 0.3) is 0 Å². The van der Waals surface area contributed by atoms with E-state index in [9.17, 15) is 22.0 Å². The number of halogens is 5. The third kappa shape index (κ3) is 23.9. The van der Waals surface area contributed by atoms with E-state index in [0.29, 0.717) is 36.8 Å². The van der Waals surface area contributed by atoms with Crippen LogP contribution in [0, 0.1) is 49.9 Å². The number of nitrogens with two attached hydrogens (primary N) is 3. The van der Waals surface area contributed by atoms with Crippen LogP contribution in [-0.4, -0.2) is 19.6 Å². The largest absolute Gasteiger partial charge is 0.489 e. The highest BCUT2D eigenvalue weighted by Crippen LogP contribution is 2.32. The third-order valence-electron chi connectivity index (χ3n) is 13.8. The smallest absolute Gasteiger partial charge is 0.161 e. The average molecular weight is 1150 g/mol. The summed E-state index contributed by atoms with van der Waals surface area (Å²) in [6.45, 7) is 9.34. The molecule has 8 rings (SSSR count). The lowest BCUT2D eigenvalue weighted by Crippen LogP contribution is -2.02. The quantitative estimate of drug-likeness (QED) is 0.0300. The van der Waals surface area contributed by atoms with Crippen molar-refractivity contribution in [1.29, 1.82) is 0 Å². The fourth-order valence-corrected chi connectivity index (χ4v) is 8.81. The number of unbranched alkanes of at least 4 members (excludes halogenated alkanes) is 6. The molecule has 0 atom stereocenters. The van der Waals surface area contributed by atoms with E-state index in [4.69, 9.17) is 40.9 Å². The molecule has 0 aliphatic rings. The van der Waals surface area contributed by atoms with Crippen molar-refractivity contribution in [1.82, 2.24) is 0 Å². The average Bonchev–Trinajstić information content (AvgIpc) is 3.69. The Balaban J connectivity index is 0.000000206. The van der Waals surface area contributed by atoms with Gasteiger partial charge in [0.15, 0.2) is 11.5 Å². The van der Waals surface area contributed by atoms with Gasteiger partial charge in [-0.1, -0.05) is 109 Å². The standard InChI is InChI=1S/C27H33NO2.C25H25F4NO2.C19H24FNO/c1-21-7-11-24(12-8-21)19-29-26-16-15-23(6-4-3-5-17-28)18-27(26)30-20-25-13-9-22(2)10-14-25;26-20-7-5-18(24(28)12-20)15-31-22-10-17(4-2-1-3-9-30)11-23(14-22)32-16-19-6-8-21(27)13-25(19)29;1-15-6-9-17(19(20)13-15)14-22-18-10-7-16(8-11-18)5-3-2-4-12-21/h7-16,18H,3-6,17,19-20,28H2,1-2H3;5-8,10-14H,1-4,9,15-16,30H2;6-11,13H,2-5,12,14,21H2,1H3. The van der Waals surface area contributed by atoms with Crippen molar-refractivity contribution in [3.63, 3.8) is 0 Å². The monoisotopic (exact) mass is 1150 g/mol. The fourth-order valence-electron chi connectivity index (χ4n) is 8.81. The highest BCUT2D eigenvalue weighted by Gasteiger charge is 2.12. The maximum Gasteiger partial charge on any atom is 0.161 e. The topological polar surface area (TPSA) is 124 Å². The molecule has 6 N–H and O–H groups in total. The number of benzene rings is 8. The van der Waals surface area contributed by atoms with Crippen molar-refractivity contribution >= 4 is 0 Å². The van der Waals surface area contributed by atoms with E-state index in [1.165, 1.54) is 59.0 Å². The molecule has 0 heterocycles. The summed E-state index contributed by atoms with van der Waals surface area (Å²) in [5.74, 6) is 0.343. The van der Waals surface area contributed by atoms with Gasteiger partial charge in [-0.05, 0) is 198 Å². The van der Waals surface area contributed by atoms with Gasteiger partial charge >= 0.3 is 0 Å². The van der Waals surface area contributed by atoms with Gasteiger partial charge < -0.3 is 40.9 Å². The lowest BCUT2D eigenvalue weighted by atomic mass is 10.1. The second-order valence-corrected chi connectivity index (χ2v) is 21.0. The molecule has 8 nitrogen and oxygen atoms in total. The summed E-state index contributed by atoms with van der Waals surface area (Å²) in [6.07, 6.45) is 12.4. The Hall–Kier alpha value is -7.71. The van der Waals surface area contributed by atoms with Crippen molar-refractivity contribution in [2.24, 2.45) is 17.2 Å². The zero-order chi connectivity index (χ0) is 59.9. The molecule has 84 heavy (non-hydrogen) atoms. The molecule has 0 fully saturated rings. The molecule has 0 amide bonds. The van der Waals surface area contributed by atoms with E-state index >= 15 is 0 Å². The van der Waals surface area contributed by atoms with Crippen LogP contribution >= 0.6 is 0 Å². The zero-order valence-electron chi connectivity index (χ0n) is 48.9. The highest BCUT2D eigenvalue weighted by molar-refractivity contribution is 5.44. The molecule has 0 saturated heterocycles. The maximum absolute atomic E-state index is 13.9. The van der Waals surface area contributed by atoms with Crippen molar-refractivity contribution in [2.45, 2.75) is 131 Å². The molecule has 0 radical (unpaired) electrons. The van der Waals surface area contributed by atoms with Crippen molar-refractivity contribution in [3.8, 4) is 28.7 Å². The first-order valence-corrected chi connectivity index (χ1v) is 29.1. The maximum atomic E-state index is 13.9. The minimum atomic E-state index is -0.689. The van der Waals surface area contributed by atoms with Gasteiger partial charge in [0.05, 0.1) is 0 Å². The van der Waals surface area contributed by atoms with E-state index in [0.717, 1.165) is 135 Å². The Kier molecular flexibility index (Phi) is 28.1. The van der Waals surface area contributed by atoms with Gasteiger partial charge in [-0.2, -0.15) is 0 Å². The summed E-state index contributed by atoms with van der Waals surface area (Å²) in [4.78, 5) is 0. The highest BCUT2D eigenvalue weighted by atomic mass is 19.1. The Bertz CT molecular complexity index is 3120. The Morgan fingerprint density at radius 2 is 0.679 bits per heavy atom. The van der Waals surface area contributed by atoms with Gasteiger partial charge in [0.1, 0.15) is 79.4 Å². The summed E-state index contributed by atoms with van der Waals surface area (Å²) < 4.78 is 97.2. The van der Waals surface area contributed by atoms with E-state index in [1.807, 2.05) is 43.3 Å². The lowest BCUT2D eigenvalue weighted by molar-refractivity contribution is 0.255. The molecule has 0 aromatic heterocycles.